The monoisotopic (exact) mass is 307 g/mol. The minimum Gasteiger partial charge on any atom is -0.397 e. The van der Waals surface area contributed by atoms with Gasteiger partial charge in [-0.15, -0.1) is 11.3 Å². The first-order valence-electron chi connectivity index (χ1n) is 7.97. The van der Waals surface area contributed by atoms with Crippen molar-refractivity contribution in [3.8, 4) is 0 Å². The lowest BCUT2D eigenvalue weighted by atomic mass is 10.1. The maximum absolute atomic E-state index is 12.0. The molecule has 0 atom stereocenters. The summed E-state index contributed by atoms with van der Waals surface area (Å²) in [5.41, 5.74) is 8.24. The van der Waals surface area contributed by atoms with Crippen molar-refractivity contribution in [2.24, 2.45) is 5.92 Å². The van der Waals surface area contributed by atoms with E-state index >= 15 is 0 Å². The zero-order valence-electron chi connectivity index (χ0n) is 12.9. The first-order chi connectivity index (χ1) is 10.1. The van der Waals surface area contributed by atoms with Gasteiger partial charge in [-0.3, -0.25) is 4.79 Å². The van der Waals surface area contributed by atoms with Gasteiger partial charge in [0.15, 0.2) is 0 Å². The minimum absolute atomic E-state index is 0.0556. The Bertz CT molecular complexity index is 530. The van der Waals surface area contributed by atoms with Crippen molar-refractivity contribution in [2.75, 3.05) is 31.3 Å². The van der Waals surface area contributed by atoms with Gasteiger partial charge in [-0.1, -0.05) is 12.8 Å². The van der Waals surface area contributed by atoms with Gasteiger partial charge in [-0.05, 0) is 37.5 Å². The quantitative estimate of drug-likeness (QED) is 0.878. The summed E-state index contributed by atoms with van der Waals surface area (Å²) in [5.74, 6) is 1.31. The Morgan fingerprint density at radius 3 is 2.57 bits per heavy atom. The second kappa shape index (κ2) is 5.87. The van der Waals surface area contributed by atoms with Gasteiger partial charge in [-0.25, -0.2) is 0 Å². The molecule has 2 fully saturated rings. The van der Waals surface area contributed by atoms with E-state index < -0.39 is 0 Å². The van der Waals surface area contributed by atoms with Crippen LogP contribution in [0.3, 0.4) is 0 Å². The van der Waals surface area contributed by atoms with E-state index in [9.17, 15) is 4.79 Å². The van der Waals surface area contributed by atoms with Gasteiger partial charge >= 0.3 is 0 Å². The van der Waals surface area contributed by atoms with Crippen LogP contribution >= 0.6 is 11.3 Å². The van der Waals surface area contributed by atoms with E-state index in [4.69, 9.17) is 5.73 Å². The molecule has 5 heteroatoms. The highest BCUT2D eigenvalue weighted by Gasteiger charge is 2.34. The number of nitrogen functional groups attached to an aromatic ring is 1. The number of carbonyl (C=O) groups is 1. The second-order valence-corrected chi connectivity index (χ2v) is 7.45. The Morgan fingerprint density at radius 1 is 1.33 bits per heavy atom. The number of nitrogens with zero attached hydrogens (tertiary/aromatic N) is 1. The van der Waals surface area contributed by atoms with Crippen LogP contribution in [0.25, 0.3) is 0 Å². The summed E-state index contributed by atoms with van der Waals surface area (Å²) in [6.45, 7) is 1.09. The van der Waals surface area contributed by atoms with Crippen molar-refractivity contribution >= 4 is 27.9 Å². The van der Waals surface area contributed by atoms with Crippen LogP contribution in [0.5, 0.6) is 0 Å². The van der Waals surface area contributed by atoms with Crippen LogP contribution in [0.4, 0.5) is 10.7 Å². The smallest absolute Gasteiger partial charge is 0.263 e. The predicted molar refractivity (Wildman–Crippen MR) is 89.3 cm³/mol. The Balaban J connectivity index is 1.86. The number of anilines is 2. The third-order valence-corrected chi connectivity index (χ3v) is 6.07. The van der Waals surface area contributed by atoms with E-state index in [1.54, 1.807) is 18.4 Å². The van der Waals surface area contributed by atoms with E-state index in [0.29, 0.717) is 10.8 Å². The molecule has 3 N–H and O–H groups in total. The molecule has 0 aromatic carbocycles. The van der Waals surface area contributed by atoms with Crippen molar-refractivity contribution in [3.05, 3.63) is 10.4 Å². The molecule has 2 saturated carbocycles. The summed E-state index contributed by atoms with van der Waals surface area (Å²) in [6.07, 6.45) is 7.82. The lowest BCUT2D eigenvalue weighted by Crippen LogP contribution is -2.24. The van der Waals surface area contributed by atoms with E-state index in [1.165, 1.54) is 49.1 Å². The van der Waals surface area contributed by atoms with Gasteiger partial charge in [0.1, 0.15) is 4.88 Å². The standard InChI is InChI=1S/C16H25N3OS/c1-18-15(20)14-13(17)12(11-7-8-11)16(21-14)19(2)9-10-5-3-4-6-10/h10-11H,3-9,17H2,1-2H3,(H,18,20). The normalized spacial score (nSPS) is 19.0. The first kappa shape index (κ1) is 14.7. The van der Waals surface area contributed by atoms with Crippen LogP contribution in [0.2, 0.25) is 0 Å². The van der Waals surface area contributed by atoms with Crippen LogP contribution < -0.4 is 16.0 Å². The van der Waals surface area contributed by atoms with Crippen LogP contribution in [0, 0.1) is 5.92 Å². The minimum atomic E-state index is -0.0556. The van der Waals surface area contributed by atoms with Crippen molar-refractivity contribution in [1.29, 1.82) is 0 Å². The maximum atomic E-state index is 12.0. The Labute approximate surface area is 130 Å². The fraction of sp³-hybridized carbons (Fsp3) is 0.688. The molecule has 0 spiro atoms. The summed E-state index contributed by atoms with van der Waals surface area (Å²) < 4.78 is 0. The topological polar surface area (TPSA) is 58.4 Å². The molecule has 1 aromatic rings. The summed E-state index contributed by atoms with van der Waals surface area (Å²) in [4.78, 5) is 15.0. The fourth-order valence-corrected chi connectivity index (χ4v) is 4.66. The molecule has 1 heterocycles. The molecule has 1 amide bonds. The van der Waals surface area contributed by atoms with Gasteiger partial charge in [0.2, 0.25) is 0 Å². The van der Waals surface area contributed by atoms with E-state index in [2.05, 4.69) is 17.3 Å². The largest absolute Gasteiger partial charge is 0.397 e. The highest BCUT2D eigenvalue weighted by Crippen LogP contribution is 2.52. The molecular weight excluding hydrogens is 282 g/mol. The summed E-state index contributed by atoms with van der Waals surface area (Å²) in [7, 11) is 3.82. The van der Waals surface area contributed by atoms with Gasteiger partial charge in [0, 0.05) is 26.2 Å². The van der Waals surface area contributed by atoms with Gasteiger partial charge in [0.25, 0.3) is 5.91 Å². The molecule has 0 radical (unpaired) electrons. The summed E-state index contributed by atoms with van der Waals surface area (Å²) in [6, 6.07) is 0. The number of nitrogens with two attached hydrogens (primary N) is 1. The zero-order chi connectivity index (χ0) is 15.0. The van der Waals surface area contributed by atoms with Crippen LogP contribution in [0.1, 0.15) is 59.7 Å². The molecule has 2 aliphatic rings. The van der Waals surface area contributed by atoms with Crippen molar-refractivity contribution in [3.63, 3.8) is 0 Å². The van der Waals surface area contributed by atoms with E-state index in [-0.39, 0.29) is 5.91 Å². The number of thiophene rings is 1. The number of rotatable bonds is 5. The Morgan fingerprint density at radius 2 is 2.00 bits per heavy atom. The molecule has 0 aliphatic heterocycles. The highest BCUT2D eigenvalue weighted by atomic mass is 32.1. The lowest BCUT2D eigenvalue weighted by molar-refractivity contribution is 0.0968. The number of nitrogens with one attached hydrogen (secondary N) is 1. The van der Waals surface area contributed by atoms with Gasteiger partial charge in [0.05, 0.1) is 10.7 Å². The molecule has 0 bridgehead atoms. The highest BCUT2D eigenvalue weighted by molar-refractivity contribution is 7.18. The molecular formula is C16H25N3OS. The molecule has 0 saturated heterocycles. The van der Waals surface area contributed by atoms with Gasteiger partial charge in [-0.2, -0.15) is 0 Å². The van der Waals surface area contributed by atoms with Crippen LogP contribution in [0.15, 0.2) is 0 Å². The van der Waals surface area contributed by atoms with Crippen LogP contribution in [-0.4, -0.2) is 26.5 Å². The molecule has 3 rings (SSSR count). The maximum Gasteiger partial charge on any atom is 0.263 e. The Kier molecular flexibility index (Phi) is 4.11. The average Bonchev–Trinajstić information content (AvgIpc) is 3.06. The average molecular weight is 307 g/mol. The number of hydrogen-bond acceptors (Lipinski definition) is 4. The molecule has 4 nitrogen and oxygen atoms in total. The summed E-state index contributed by atoms with van der Waals surface area (Å²) in [5, 5.41) is 3.93. The Hall–Kier alpha value is -1.23. The molecule has 21 heavy (non-hydrogen) atoms. The van der Waals surface area contributed by atoms with Crippen LogP contribution in [-0.2, 0) is 0 Å². The van der Waals surface area contributed by atoms with Gasteiger partial charge < -0.3 is 16.0 Å². The third-order valence-electron chi connectivity index (χ3n) is 4.74. The third kappa shape index (κ3) is 2.89. The number of carbonyl (C=O) groups excluding carboxylic acids is 1. The van der Waals surface area contributed by atoms with Crippen molar-refractivity contribution < 1.29 is 4.79 Å². The lowest BCUT2D eigenvalue weighted by Gasteiger charge is -2.23. The summed E-state index contributed by atoms with van der Waals surface area (Å²) >= 11 is 1.57. The van der Waals surface area contributed by atoms with E-state index in [0.717, 1.165) is 18.2 Å². The zero-order valence-corrected chi connectivity index (χ0v) is 13.8. The number of hydrogen-bond donors (Lipinski definition) is 2. The number of amides is 1. The molecule has 2 aliphatic carbocycles. The molecule has 116 valence electrons. The fourth-order valence-electron chi connectivity index (χ4n) is 3.44. The predicted octanol–water partition coefficient (Wildman–Crippen LogP) is 3.19. The SMILES string of the molecule is CNC(=O)c1sc(N(C)CC2CCCC2)c(C2CC2)c1N. The second-order valence-electron chi connectivity index (χ2n) is 6.45. The van der Waals surface area contributed by atoms with Crippen molar-refractivity contribution in [1.82, 2.24) is 5.32 Å². The van der Waals surface area contributed by atoms with Crippen molar-refractivity contribution in [2.45, 2.75) is 44.4 Å². The van der Waals surface area contributed by atoms with E-state index in [1.807, 2.05) is 0 Å². The first-order valence-corrected chi connectivity index (χ1v) is 8.78. The molecule has 0 unspecified atom stereocenters. The molecule has 1 aromatic heterocycles.